The predicted octanol–water partition coefficient (Wildman–Crippen LogP) is 3.13. The van der Waals surface area contributed by atoms with E-state index in [4.69, 9.17) is 0 Å². The largest absolute Gasteiger partial charge is 0.416 e. The van der Waals surface area contributed by atoms with Crippen molar-refractivity contribution in [2.45, 2.75) is 25.1 Å². The number of aromatic nitrogens is 1. The number of fused-ring (bicyclic) bond motifs is 4. The smallest absolute Gasteiger partial charge is 0.338 e. The Labute approximate surface area is 147 Å². The molecule has 4 rings (SSSR count). The number of hydrogen-bond donors (Lipinski definition) is 0. The molecular weight excluding hydrogens is 345 g/mol. The molecule has 1 amide bonds. The Morgan fingerprint density at radius 3 is 2.42 bits per heavy atom. The lowest BCUT2D eigenvalue weighted by atomic mass is 9.83. The van der Waals surface area contributed by atoms with Gasteiger partial charge in [-0.1, -0.05) is 6.07 Å². The minimum atomic E-state index is -4.42. The first-order valence-electron chi connectivity index (χ1n) is 8.49. The van der Waals surface area contributed by atoms with Gasteiger partial charge < -0.3 is 9.47 Å². The van der Waals surface area contributed by atoms with Gasteiger partial charge in [-0.05, 0) is 42.7 Å². The Morgan fingerprint density at radius 2 is 1.73 bits per heavy atom. The van der Waals surface area contributed by atoms with E-state index in [0.717, 1.165) is 24.2 Å². The average Bonchev–Trinajstić information content (AvgIpc) is 2.61. The van der Waals surface area contributed by atoms with Gasteiger partial charge in [-0.3, -0.25) is 9.59 Å². The molecule has 26 heavy (non-hydrogen) atoms. The molecule has 2 aliphatic rings. The number of piperidine rings is 1. The summed E-state index contributed by atoms with van der Waals surface area (Å²) in [4.78, 5) is 26.5. The molecule has 136 valence electrons. The van der Waals surface area contributed by atoms with Crippen LogP contribution in [0.15, 0.2) is 47.3 Å². The highest BCUT2D eigenvalue weighted by Crippen LogP contribution is 2.35. The normalized spacial score (nSPS) is 22.0. The van der Waals surface area contributed by atoms with Gasteiger partial charge in [-0.2, -0.15) is 13.2 Å². The van der Waals surface area contributed by atoms with Gasteiger partial charge >= 0.3 is 6.18 Å². The van der Waals surface area contributed by atoms with Crippen LogP contribution in [0.25, 0.3) is 0 Å². The number of benzene rings is 1. The molecular formula is C19H17F3N2O2. The van der Waals surface area contributed by atoms with Crippen molar-refractivity contribution in [2.24, 2.45) is 5.92 Å². The molecule has 3 heterocycles. The van der Waals surface area contributed by atoms with Gasteiger partial charge in [0.05, 0.1) is 5.56 Å². The molecule has 1 aromatic heterocycles. The predicted molar refractivity (Wildman–Crippen MR) is 88.9 cm³/mol. The van der Waals surface area contributed by atoms with Gasteiger partial charge in [0.15, 0.2) is 0 Å². The number of carbonyl (C=O) groups is 1. The van der Waals surface area contributed by atoms with Crippen LogP contribution >= 0.6 is 0 Å². The topological polar surface area (TPSA) is 42.3 Å². The van der Waals surface area contributed by atoms with E-state index in [1.165, 1.54) is 18.2 Å². The Bertz CT molecular complexity index is 902. The van der Waals surface area contributed by atoms with E-state index in [2.05, 4.69) is 0 Å². The molecule has 7 heteroatoms. The van der Waals surface area contributed by atoms with E-state index in [1.54, 1.807) is 15.5 Å². The van der Waals surface area contributed by atoms with Crippen LogP contribution in [0.2, 0.25) is 0 Å². The number of carbonyl (C=O) groups excluding carboxylic acids is 1. The van der Waals surface area contributed by atoms with Gasteiger partial charge in [-0.25, -0.2) is 0 Å². The maximum Gasteiger partial charge on any atom is 0.416 e. The molecule has 0 spiro atoms. The van der Waals surface area contributed by atoms with E-state index < -0.39 is 11.7 Å². The zero-order valence-electron chi connectivity index (χ0n) is 13.9. The van der Waals surface area contributed by atoms with Crippen molar-refractivity contribution in [1.29, 1.82) is 0 Å². The molecule has 0 unspecified atom stereocenters. The van der Waals surface area contributed by atoms with Crippen molar-refractivity contribution in [3.8, 4) is 0 Å². The van der Waals surface area contributed by atoms with Crippen molar-refractivity contribution < 1.29 is 18.0 Å². The highest BCUT2D eigenvalue weighted by Gasteiger charge is 2.36. The van der Waals surface area contributed by atoms with Crippen molar-refractivity contribution in [3.05, 3.63) is 69.6 Å². The zero-order valence-corrected chi connectivity index (χ0v) is 13.9. The number of nitrogens with zero attached hydrogens (tertiary/aromatic N) is 2. The fraction of sp³-hybridized carbons (Fsp3) is 0.368. The van der Waals surface area contributed by atoms with E-state index in [-0.39, 0.29) is 28.9 Å². The third-order valence-corrected chi connectivity index (χ3v) is 5.23. The fourth-order valence-corrected chi connectivity index (χ4v) is 4.05. The first kappa shape index (κ1) is 16.9. The summed E-state index contributed by atoms with van der Waals surface area (Å²) in [5.41, 5.74) is 0.389. The van der Waals surface area contributed by atoms with Crippen LogP contribution in [0.5, 0.6) is 0 Å². The molecule has 2 aromatic rings. The molecule has 1 aromatic carbocycles. The second-order valence-electron chi connectivity index (χ2n) is 6.98. The van der Waals surface area contributed by atoms with Gasteiger partial charge in [0.1, 0.15) is 0 Å². The Balaban J connectivity index is 1.57. The summed E-state index contributed by atoms with van der Waals surface area (Å²) in [5, 5.41) is 0. The van der Waals surface area contributed by atoms with E-state index in [9.17, 15) is 22.8 Å². The summed E-state index contributed by atoms with van der Waals surface area (Å²) in [6, 6.07) is 9.51. The lowest BCUT2D eigenvalue weighted by Gasteiger charge is -2.42. The van der Waals surface area contributed by atoms with Crippen molar-refractivity contribution in [2.75, 3.05) is 13.1 Å². The maximum absolute atomic E-state index is 12.7. The zero-order chi connectivity index (χ0) is 18.5. The van der Waals surface area contributed by atoms with Crippen LogP contribution in [0.3, 0.4) is 0 Å². The van der Waals surface area contributed by atoms with Crippen LogP contribution < -0.4 is 5.56 Å². The second-order valence-corrected chi connectivity index (χ2v) is 6.98. The number of rotatable bonds is 1. The number of likely N-dealkylation sites (tertiary alicyclic amines) is 1. The first-order chi connectivity index (χ1) is 12.3. The minimum Gasteiger partial charge on any atom is -0.338 e. The molecule has 0 saturated carbocycles. The van der Waals surface area contributed by atoms with Crippen molar-refractivity contribution in [3.63, 3.8) is 0 Å². The number of halogens is 3. The molecule has 2 bridgehead atoms. The number of alkyl halides is 3. The first-order valence-corrected chi connectivity index (χ1v) is 8.49. The van der Waals surface area contributed by atoms with Crippen LogP contribution in [-0.2, 0) is 12.7 Å². The molecule has 4 nitrogen and oxygen atoms in total. The Kier molecular flexibility index (Phi) is 3.89. The highest BCUT2D eigenvalue weighted by molar-refractivity contribution is 5.94. The summed E-state index contributed by atoms with van der Waals surface area (Å²) in [5.74, 6) is -0.00491. The molecule has 1 fully saturated rings. The van der Waals surface area contributed by atoms with Gasteiger partial charge in [-0.15, -0.1) is 0 Å². The fourth-order valence-electron chi connectivity index (χ4n) is 4.05. The number of hydrogen-bond acceptors (Lipinski definition) is 2. The molecule has 0 radical (unpaired) electrons. The molecule has 0 aliphatic carbocycles. The molecule has 1 saturated heterocycles. The van der Waals surface area contributed by atoms with Crippen molar-refractivity contribution >= 4 is 5.91 Å². The van der Waals surface area contributed by atoms with Crippen molar-refractivity contribution in [1.82, 2.24) is 9.47 Å². The molecule has 2 aliphatic heterocycles. The number of amides is 1. The Hall–Kier alpha value is -2.57. The molecule has 0 N–H and O–H groups in total. The second kappa shape index (κ2) is 6.00. The third kappa shape index (κ3) is 2.91. The quantitative estimate of drug-likeness (QED) is 0.782. The van der Waals surface area contributed by atoms with Gasteiger partial charge in [0, 0.05) is 42.9 Å². The highest BCUT2D eigenvalue weighted by atomic mass is 19.4. The average molecular weight is 362 g/mol. The summed E-state index contributed by atoms with van der Waals surface area (Å²) in [6.07, 6.45) is -3.50. The Morgan fingerprint density at radius 1 is 1.00 bits per heavy atom. The third-order valence-electron chi connectivity index (χ3n) is 5.23. The van der Waals surface area contributed by atoms with Crippen LogP contribution in [0.1, 0.15) is 34.0 Å². The lowest BCUT2D eigenvalue weighted by Crippen LogP contribution is -2.49. The summed E-state index contributed by atoms with van der Waals surface area (Å²) in [6.45, 7) is 1.55. The van der Waals surface area contributed by atoms with Crippen LogP contribution in [-0.4, -0.2) is 28.5 Å². The monoisotopic (exact) mass is 362 g/mol. The summed E-state index contributed by atoms with van der Waals surface area (Å²) in [7, 11) is 0. The van der Waals surface area contributed by atoms with Gasteiger partial charge in [0.25, 0.3) is 11.5 Å². The summed E-state index contributed by atoms with van der Waals surface area (Å²) < 4.78 is 39.8. The van der Waals surface area contributed by atoms with E-state index in [1.807, 2.05) is 6.07 Å². The van der Waals surface area contributed by atoms with Crippen LogP contribution in [0, 0.1) is 5.92 Å². The minimum absolute atomic E-state index is 0.0280. The lowest BCUT2D eigenvalue weighted by molar-refractivity contribution is -0.137. The number of pyridine rings is 1. The van der Waals surface area contributed by atoms with Gasteiger partial charge in [0.2, 0.25) is 0 Å². The standard InChI is InChI=1S/C19H17F3N2O2/c20-19(21,22)15-6-4-13(5-7-15)18(26)23-9-12-8-14(11-23)16-2-1-3-17(25)24(16)10-12/h1-7,12,14H,8-11H2/t12-,14+/m0/s1. The maximum atomic E-state index is 12.7. The summed E-state index contributed by atoms with van der Waals surface area (Å²) >= 11 is 0. The van der Waals surface area contributed by atoms with Crippen LogP contribution in [0.4, 0.5) is 13.2 Å². The van der Waals surface area contributed by atoms with E-state index >= 15 is 0 Å². The SMILES string of the molecule is O=C(c1ccc(C(F)(F)F)cc1)N1C[C@@H]2C[C@H](C1)c1cccc(=O)n1C2. The molecule has 2 atom stereocenters. The van der Waals surface area contributed by atoms with E-state index in [0.29, 0.717) is 19.6 Å².